The fraction of sp³-hybridized carbons (Fsp3) is 0.214. The molecule has 0 aliphatic carbocycles. The van der Waals surface area contributed by atoms with Crippen LogP contribution >= 0.6 is 0 Å². The Hall–Kier alpha value is -1.81. The van der Waals surface area contributed by atoms with Gasteiger partial charge in [-0.2, -0.15) is 0 Å². The number of nitrogens with two attached hydrogens (primary N) is 1. The SMILES string of the molecule is Cc1ccnc(C(N)c2c(F)ccc(C)c2F)c1. The van der Waals surface area contributed by atoms with Gasteiger partial charge in [-0.25, -0.2) is 8.78 Å². The zero-order valence-electron chi connectivity index (χ0n) is 10.2. The Morgan fingerprint density at radius 3 is 2.56 bits per heavy atom. The molecule has 4 heteroatoms. The fourth-order valence-corrected chi connectivity index (χ4v) is 1.84. The lowest BCUT2D eigenvalue weighted by Gasteiger charge is -2.15. The van der Waals surface area contributed by atoms with Crippen LogP contribution in [0.2, 0.25) is 0 Å². The predicted octanol–water partition coefficient (Wildman–Crippen LogP) is 3.02. The summed E-state index contributed by atoms with van der Waals surface area (Å²) >= 11 is 0. The molecule has 0 bridgehead atoms. The lowest BCUT2D eigenvalue weighted by atomic mass is 9.99. The van der Waals surface area contributed by atoms with E-state index < -0.39 is 17.7 Å². The van der Waals surface area contributed by atoms with Crippen LogP contribution in [-0.4, -0.2) is 4.98 Å². The zero-order chi connectivity index (χ0) is 13.3. The first kappa shape index (κ1) is 12.6. The van der Waals surface area contributed by atoms with E-state index in [4.69, 9.17) is 5.73 Å². The van der Waals surface area contributed by atoms with Gasteiger partial charge in [0, 0.05) is 11.8 Å². The summed E-state index contributed by atoms with van der Waals surface area (Å²) in [5, 5.41) is 0. The van der Waals surface area contributed by atoms with E-state index in [0.717, 1.165) is 5.56 Å². The van der Waals surface area contributed by atoms with Gasteiger partial charge in [0.15, 0.2) is 0 Å². The summed E-state index contributed by atoms with van der Waals surface area (Å²) in [4.78, 5) is 4.07. The van der Waals surface area contributed by atoms with Crippen LogP contribution in [0.1, 0.15) is 28.4 Å². The summed E-state index contributed by atoms with van der Waals surface area (Å²) in [7, 11) is 0. The van der Waals surface area contributed by atoms with Crippen LogP contribution in [-0.2, 0) is 0 Å². The molecule has 2 aromatic rings. The first-order chi connectivity index (χ1) is 8.50. The van der Waals surface area contributed by atoms with Crippen molar-refractivity contribution >= 4 is 0 Å². The first-order valence-corrected chi connectivity index (χ1v) is 5.63. The molecule has 1 aromatic carbocycles. The number of benzene rings is 1. The van der Waals surface area contributed by atoms with Crippen LogP contribution in [0.25, 0.3) is 0 Å². The van der Waals surface area contributed by atoms with Gasteiger partial charge < -0.3 is 5.73 Å². The number of aryl methyl sites for hydroxylation is 2. The van der Waals surface area contributed by atoms with Crippen LogP contribution in [0.5, 0.6) is 0 Å². The molecular formula is C14H14F2N2. The van der Waals surface area contributed by atoms with E-state index in [2.05, 4.69) is 4.98 Å². The molecule has 0 saturated carbocycles. The van der Waals surface area contributed by atoms with Crippen molar-refractivity contribution in [3.8, 4) is 0 Å². The van der Waals surface area contributed by atoms with E-state index in [1.165, 1.54) is 12.1 Å². The van der Waals surface area contributed by atoms with Gasteiger partial charge in [-0.15, -0.1) is 0 Å². The van der Waals surface area contributed by atoms with Crippen molar-refractivity contribution in [3.63, 3.8) is 0 Å². The molecule has 1 atom stereocenters. The smallest absolute Gasteiger partial charge is 0.134 e. The Morgan fingerprint density at radius 2 is 1.89 bits per heavy atom. The Balaban J connectivity index is 2.52. The van der Waals surface area contributed by atoms with Crippen molar-refractivity contribution in [2.24, 2.45) is 5.73 Å². The maximum Gasteiger partial charge on any atom is 0.134 e. The molecule has 0 aliphatic heterocycles. The molecule has 0 fully saturated rings. The van der Waals surface area contributed by atoms with Gasteiger partial charge in [0.05, 0.1) is 11.7 Å². The molecular weight excluding hydrogens is 234 g/mol. The summed E-state index contributed by atoms with van der Waals surface area (Å²) < 4.78 is 27.7. The van der Waals surface area contributed by atoms with Crippen molar-refractivity contribution in [2.45, 2.75) is 19.9 Å². The number of pyridine rings is 1. The van der Waals surface area contributed by atoms with Crippen LogP contribution in [0.3, 0.4) is 0 Å². The number of halogens is 2. The standard InChI is InChI=1S/C14H14F2N2/c1-8-5-6-18-11(7-8)14(17)12-10(15)4-3-9(2)13(12)16/h3-7,14H,17H2,1-2H3. The van der Waals surface area contributed by atoms with Crippen LogP contribution < -0.4 is 5.73 Å². The highest BCUT2D eigenvalue weighted by Gasteiger charge is 2.20. The van der Waals surface area contributed by atoms with Crippen molar-refractivity contribution in [1.29, 1.82) is 0 Å². The third-order valence-corrected chi connectivity index (χ3v) is 2.89. The fourth-order valence-electron chi connectivity index (χ4n) is 1.84. The monoisotopic (exact) mass is 248 g/mol. The maximum absolute atomic E-state index is 14.0. The minimum absolute atomic E-state index is 0.131. The lowest BCUT2D eigenvalue weighted by molar-refractivity contribution is 0.535. The summed E-state index contributed by atoms with van der Waals surface area (Å²) in [5.74, 6) is -1.25. The van der Waals surface area contributed by atoms with Gasteiger partial charge in [0.1, 0.15) is 11.6 Å². The summed E-state index contributed by atoms with van der Waals surface area (Å²) in [6.07, 6.45) is 1.58. The topological polar surface area (TPSA) is 38.9 Å². The molecule has 18 heavy (non-hydrogen) atoms. The molecule has 2 N–H and O–H groups in total. The molecule has 2 rings (SSSR count). The van der Waals surface area contributed by atoms with E-state index in [1.54, 1.807) is 25.3 Å². The van der Waals surface area contributed by atoms with E-state index in [-0.39, 0.29) is 5.56 Å². The van der Waals surface area contributed by atoms with Crippen molar-refractivity contribution in [1.82, 2.24) is 4.98 Å². The average Bonchev–Trinajstić information content (AvgIpc) is 2.34. The molecule has 0 saturated heterocycles. The van der Waals surface area contributed by atoms with E-state index in [0.29, 0.717) is 11.3 Å². The molecule has 0 radical (unpaired) electrons. The van der Waals surface area contributed by atoms with Crippen molar-refractivity contribution in [3.05, 3.63) is 64.5 Å². The van der Waals surface area contributed by atoms with Crippen molar-refractivity contribution in [2.75, 3.05) is 0 Å². The minimum Gasteiger partial charge on any atom is -0.319 e. The Morgan fingerprint density at radius 1 is 1.17 bits per heavy atom. The van der Waals surface area contributed by atoms with Gasteiger partial charge in [0.25, 0.3) is 0 Å². The molecule has 0 aliphatic rings. The third kappa shape index (κ3) is 2.24. The molecule has 94 valence electrons. The van der Waals surface area contributed by atoms with Crippen LogP contribution in [0, 0.1) is 25.5 Å². The Kier molecular flexibility index (Phi) is 3.39. The zero-order valence-corrected chi connectivity index (χ0v) is 10.2. The van der Waals surface area contributed by atoms with Gasteiger partial charge in [-0.05, 0) is 43.2 Å². The van der Waals surface area contributed by atoms with Gasteiger partial charge in [-0.1, -0.05) is 6.07 Å². The van der Waals surface area contributed by atoms with Crippen LogP contribution in [0.4, 0.5) is 8.78 Å². The van der Waals surface area contributed by atoms with Gasteiger partial charge in [-0.3, -0.25) is 4.98 Å². The minimum atomic E-state index is -0.898. The second-order valence-corrected chi connectivity index (χ2v) is 4.33. The molecule has 1 unspecified atom stereocenters. The largest absolute Gasteiger partial charge is 0.319 e. The summed E-state index contributed by atoms with van der Waals surface area (Å²) in [6.45, 7) is 3.45. The molecule has 0 amide bonds. The summed E-state index contributed by atoms with van der Waals surface area (Å²) in [6, 6.07) is 5.25. The summed E-state index contributed by atoms with van der Waals surface area (Å²) in [5.41, 5.74) is 7.56. The lowest BCUT2D eigenvalue weighted by Crippen LogP contribution is -2.17. The number of aromatic nitrogens is 1. The normalized spacial score (nSPS) is 12.5. The maximum atomic E-state index is 14.0. The third-order valence-electron chi connectivity index (χ3n) is 2.89. The molecule has 1 aromatic heterocycles. The Labute approximate surface area is 104 Å². The highest BCUT2D eigenvalue weighted by Crippen LogP contribution is 2.25. The van der Waals surface area contributed by atoms with E-state index >= 15 is 0 Å². The number of hydrogen-bond acceptors (Lipinski definition) is 2. The first-order valence-electron chi connectivity index (χ1n) is 5.63. The molecule has 1 heterocycles. The van der Waals surface area contributed by atoms with Gasteiger partial charge in [0.2, 0.25) is 0 Å². The molecule has 0 spiro atoms. The van der Waals surface area contributed by atoms with Gasteiger partial charge >= 0.3 is 0 Å². The second-order valence-electron chi connectivity index (χ2n) is 4.33. The number of hydrogen-bond donors (Lipinski definition) is 1. The highest BCUT2D eigenvalue weighted by molar-refractivity contribution is 5.34. The number of rotatable bonds is 2. The van der Waals surface area contributed by atoms with E-state index in [1.807, 2.05) is 6.92 Å². The number of nitrogens with zero attached hydrogens (tertiary/aromatic N) is 1. The average molecular weight is 248 g/mol. The quantitative estimate of drug-likeness (QED) is 0.887. The highest BCUT2D eigenvalue weighted by atomic mass is 19.1. The van der Waals surface area contributed by atoms with E-state index in [9.17, 15) is 8.78 Å². The Bertz CT molecular complexity index is 582. The van der Waals surface area contributed by atoms with Crippen molar-refractivity contribution < 1.29 is 8.78 Å². The second kappa shape index (κ2) is 4.82. The van der Waals surface area contributed by atoms with Crippen LogP contribution in [0.15, 0.2) is 30.5 Å². The molecule has 2 nitrogen and oxygen atoms in total. The predicted molar refractivity (Wildman–Crippen MR) is 66.1 cm³/mol.